The summed E-state index contributed by atoms with van der Waals surface area (Å²) >= 11 is 0. The Morgan fingerprint density at radius 3 is 2.58 bits per heavy atom. The molecule has 1 aromatic carbocycles. The molecule has 1 saturated heterocycles. The Labute approximate surface area is 143 Å². The standard InChI is InChI=1S/C19H26N2O3/c1-13-16-8-7-15(21-10-5-6-17(21)22)12-14(16)9-11-20(13)18(23)24-19(2,3)4/h7-8,12-13H,5-6,9-11H2,1-4H3. The first-order chi connectivity index (χ1) is 11.3. The highest BCUT2D eigenvalue weighted by Gasteiger charge is 2.31. The Bertz CT molecular complexity index is 663. The molecule has 1 unspecified atom stereocenters. The lowest BCUT2D eigenvalue weighted by Gasteiger charge is -2.36. The van der Waals surface area contributed by atoms with Crippen LogP contribution in [0.1, 0.15) is 57.7 Å². The van der Waals surface area contributed by atoms with Crippen LogP contribution < -0.4 is 4.90 Å². The highest BCUT2D eigenvalue weighted by atomic mass is 16.6. The first kappa shape index (κ1) is 16.8. The summed E-state index contributed by atoms with van der Waals surface area (Å²) < 4.78 is 5.52. The Morgan fingerprint density at radius 1 is 1.21 bits per heavy atom. The van der Waals surface area contributed by atoms with Crippen molar-refractivity contribution in [2.24, 2.45) is 0 Å². The van der Waals surface area contributed by atoms with E-state index < -0.39 is 5.60 Å². The van der Waals surface area contributed by atoms with E-state index in [2.05, 4.69) is 12.1 Å². The maximum Gasteiger partial charge on any atom is 0.410 e. The summed E-state index contributed by atoms with van der Waals surface area (Å²) in [7, 11) is 0. The summed E-state index contributed by atoms with van der Waals surface area (Å²) in [5.74, 6) is 0.203. The second kappa shape index (κ2) is 6.11. The van der Waals surface area contributed by atoms with Gasteiger partial charge in [0.2, 0.25) is 5.91 Å². The molecule has 2 heterocycles. The zero-order valence-electron chi connectivity index (χ0n) is 15.0. The van der Waals surface area contributed by atoms with Crippen LogP contribution in [-0.4, -0.2) is 35.6 Å². The minimum absolute atomic E-state index is 0.0214. The van der Waals surface area contributed by atoms with Crippen molar-refractivity contribution in [1.29, 1.82) is 0 Å². The summed E-state index contributed by atoms with van der Waals surface area (Å²) in [6.45, 7) is 9.12. The van der Waals surface area contributed by atoms with Gasteiger partial charge in [-0.2, -0.15) is 0 Å². The van der Waals surface area contributed by atoms with Gasteiger partial charge in [-0.25, -0.2) is 4.79 Å². The third-order valence-corrected chi connectivity index (χ3v) is 4.68. The molecule has 1 atom stereocenters. The zero-order chi connectivity index (χ0) is 17.5. The molecular weight excluding hydrogens is 304 g/mol. The van der Waals surface area contributed by atoms with E-state index in [1.54, 1.807) is 4.90 Å². The lowest BCUT2D eigenvalue weighted by Crippen LogP contribution is -2.42. The van der Waals surface area contributed by atoms with Crippen molar-refractivity contribution in [3.63, 3.8) is 0 Å². The topological polar surface area (TPSA) is 49.9 Å². The average molecular weight is 330 g/mol. The fourth-order valence-electron chi connectivity index (χ4n) is 3.48. The number of benzene rings is 1. The number of anilines is 1. The van der Waals surface area contributed by atoms with E-state index in [1.807, 2.05) is 38.7 Å². The van der Waals surface area contributed by atoms with Crippen LogP contribution in [0, 0.1) is 0 Å². The fourth-order valence-corrected chi connectivity index (χ4v) is 3.48. The fraction of sp³-hybridized carbons (Fsp3) is 0.579. The van der Waals surface area contributed by atoms with Crippen molar-refractivity contribution in [1.82, 2.24) is 4.90 Å². The van der Waals surface area contributed by atoms with Crippen LogP contribution in [0.5, 0.6) is 0 Å². The van der Waals surface area contributed by atoms with E-state index >= 15 is 0 Å². The van der Waals surface area contributed by atoms with Crippen molar-refractivity contribution in [3.8, 4) is 0 Å². The van der Waals surface area contributed by atoms with Gasteiger partial charge in [0.05, 0.1) is 6.04 Å². The molecule has 0 spiro atoms. The first-order valence-electron chi connectivity index (χ1n) is 8.69. The van der Waals surface area contributed by atoms with E-state index in [9.17, 15) is 9.59 Å². The number of hydrogen-bond acceptors (Lipinski definition) is 3. The van der Waals surface area contributed by atoms with Gasteiger partial charge in [-0.1, -0.05) is 6.07 Å². The molecular formula is C19H26N2O3. The number of carbonyl (C=O) groups is 2. The van der Waals surface area contributed by atoms with Gasteiger partial charge in [-0.15, -0.1) is 0 Å². The highest BCUT2D eigenvalue weighted by molar-refractivity contribution is 5.95. The number of hydrogen-bond donors (Lipinski definition) is 0. The smallest absolute Gasteiger partial charge is 0.410 e. The molecule has 24 heavy (non-hydrogen) atoms. The predicted octanol–water partition coefficient (Wildman–Crippen LogP) is 3.67. The Kier molecular flexibility index (Phi) is 4.28. The molecule has 0 radical (unpaired) electrons. The maximum atomic E-state index is 12.4. The summed E-state index contributed by atoms with van der Waals surface area (Å²) in [4.78, 5) is 28.0. The Balaban J connectivity index is 1.80. The normalized spacial score (nSPS) is 21.0. The monoisotopic (exact) mass is 330 g/mol. The summed E-state index contributed by atoms with van der Waals surface area (Å²) in [5, 5.41) is 0. The van der Waals surface area contributed by atoms with Gasteiger partial charge in [0.25, 0.3) is 0 Å². The lowest BCUT2D eigenvalue weighted by atomic mass is 9.93. The number of fused-ring (bicyclic) bond motifs is 1. The molecule has 1 aromatic rings. The third kappa shape index (κ3) is 3.25. The van der Waals surface area contributed by atoms with E-state index in [0.29, 0.717) is 13.0 Å². The number of nitrogens with zero attached hydrogens (tertiary/aromatic N) is 2. The first-order valence-corrected chi connectivity index (χ1v) is 8.69. The van der Waals surface area contributed by atoms with Gasteiger partial charge in [-0.05, 0) is 63.8 Å². The zero-order valence-corrected chi connectivity index (χ0v) is 15.0. The van der Waals surface area contributed by atoms with Gasteiger partial charge in [0, 0.05) is 25.2 Å². The maximum absolute atomic E-state index is 12.4. The molecule has 2 aliphatic rings. The number of amides is 2. The quantitative estimate of drug-likeness (QED) is 0.789. The van der Waals surface area contributed by atoms with Crippen LogP contribution in [0.4, 0.5) is 10.5 Å². The van der Waals surface area contributed by atoms with Crippen LogP contribution in [0.15, 0.2) is 18.2 Å². The van der Waals surface area contributed by atoms with Crippen LogP contribution in [-0.2, 0) is 16.0 Å². The number of carbonyl (C=O) groups excluding carboxylic acids is 2. The molecule has 0 saturated carbocycles. The Hall–Kier alpha value is -2.04. The van der Waals surface area contributed by atoms with Crippen LogP contribution in [0.25, 0.3) is 0 Å². The van der Waals surface area contributed by atoms with E-state index in [-0.39, 0.29) is 18.0 Å². The van der Waals surface area contributed by atoms with Crippen molar-refractivity contribution in [2.75, 3.05) is 18.0 Å². The van der Waals surface area contributed by atoms with E-state index in [0.717, 1.165) is 30.6 Å². The van der Waals surface area contributed by atoms with Crippen molar-refractivity contribution >= 4 is 17.7 Å². The van der Waals surface area contributed by atoms with Crippen molar-refractivity contribution in [3.05, 3.63) is 29.3 Å². The van der Waals surface area contributed by atoms with E-state index in [1.165, 1.54) is 5.56 Å². The van der Waals surface area contributed by atoms with Crippen LogP contribution >= 0.6 is 0 Å². The van der Waals surface area contributed by atoms with E-state index in [4.69, 9.17) is 4.74 Å². The Morgan fingerprint density at radius 2 is 1.96 bits per heavy atom. The number of ether oxygens (including phenoxy) is 1. The molecule has 1 fully saturated rings. The SMILES string of the molecule is CC1c2ccc(N3CCCC3=O)cc2CCN1C(=O)OC(C)(C)C. The van der Waals surface area contributed by atoms with Crippen molar-refractivity contribution < 1.29 is 14.3 Å². The van der Waals surface area contributed by atoms with Crippen LogP contribution in [0.2, 0.25) is 0 Å². The molecule has 0 N–H and O–H groups in total. The molecule has 0 aliphatic carbocycles. The van der Waals surface area contributed by atoms with Gasteiger partial charge in [0.1, 0.15) is 5.60 Å². The van der Waals surface area contributed by atoms with Gasteiger partial charge < -0.3 is 14.5 Å². The summed E-state index contributed by atoms with van der Waals surface area (Å²) in [6.07, 6.45) is 2.09. The minimum atomic E-state index is -0.489. The minimum Gasteiger partial charge on any atom is -0.444 e. The third-order valence-electron chi connectivity index (χ3n) is 4.68. The average Bonchev–Trinajstić information content (AvgIpc) is 2.91. The van der Waals surface area contributed by atoms with Crippen molar-refractivity contribution in [2.45, 2.75) is 58.6 Å². The largest absolute Gasteiger partial charge is 0.444 e. The molecule has 0 aromatic heterocycles. The lowest BCUT2D eigenvalue weighted by molar-refractivity contribution is -0.117. The van der Waals surface area contributed by atoms with Crippen LogP contribution in [0.3, 0.4) is 0 Å². The molecule has 5 nitrogen and oxygen atoms in total. The summed E-state index contributed by atoms with van der Waals surface area (Å²) in [5.41, 5.74) is 2.85. The molecule has 130 valence electrons. The molecule has 2 aliphatic heterocycles. The molecule has 0 bridgehead atoms. The predicted molar refractivity (Wildman–Crippen MR) is 93.1 cm³/mol. The highest BCUT2D eigenvalue weighted by Crippen LogP contribution is 2.34. The van der Waals surface area contributed by atoms with Gasteiger partial charge >= 0.3 is 6.09 Å². The summed E-state index contributed by atoms with van der Waals surface area (Å²) in [6, 6.07) is 6.14. The second-order valence-electron chi connectivity index (χ2n) is 7.63. The molecule has 3 rings (SSSR count). The number of rotatable bonds is 1. The van der Waals surface area contributed by atoms with Gasteiger partial charge in [-0.3, -0.25) is 4.79 Å². The molecule has 2 amide bonds. The molecule has 5 heteroatoms. The van der Waals surface area contributed by atoms with Gasteiger partial charge in [0.15, 0.2) is 0 Å². The second-order valence-corrected chi connectivity index (χ2v) is 7.63.